The van der Waals surface area contributed by atoms with Gasteiger partial charge in [0, 0.05) is 45.9 Å². The van der Waals surface area contributed by atoms with Gasteiger partial charge in [-0.25, -0.2) is 18.3 Å². The molecule has 2 N–H and O–H groups in total. The zero-order valence-electron chi connectivity index (χ0n) is 22.0. The van der Waals surface area contributed by atoms with Crippen LogP contribution in [0.3, 0.4) is 0 Å². The maximum absolute atomic E-state index is 13.8. The van der Waals surface area contributed by atoms with Crippen molar-refractivity contribution in [2.45, 2.75) is 31.3 Å². The molecule has 1 heterocycles. The quantitative estimate of drug-likeness (QED) is 0.474. The number of carbonyl (C=O) groups is 3. The molecule has 2 aromatic rings. The molecule has 0 aromatic heterocycles. The number of urea groups is 1. The molecular formula is C25H31F2N5O6S. The molecule has 11 nitrogen and oxygen atoms in total. The highest BCUT2D eigenvalue weighted by Crippen LogP contribution is 2.22. The second-order valence-corrected chi connectivity index (χ2v) is 10.8. The third-order valence-electron chi connectivity index (χ3n) is 6.22. The van der Waals surface area contributed by atoms with Gasteiger partial charge in [-0.15, -0.1) is 0 Å². The summed E-state index contributed by atoms with van der Waals surface area (Å²) in [7, 11) is 1.45. The number of anilines is 1. The number of hydrogen-bond donors (Lipinski definition) is 2. The molecule has 1 fully saturated rings. The Bertz CT molecular complexity index is 1300. The van der Waals surface area contributed by atoms with E-state index in [0.717, 1.165) is 16.4 Å². The van der Waals surface area contributed by atoms with E-state index in [1.165, 1.54) is 38.1 Å². The third kappa shape index (κ3) is 7.41. The van der Waals surface area contributed by atoms with Crippen molar-refractivity contribution in [3.05, 3.63) is 59.7 Å². The summed E-state index contributed by atoms with van der Waals surface area (Å²) in [6.45, 7) is 0.0258. The van der Waals surface area contributed by atoms with Crippen molar-refractivity contribution < 1.29 is 36.3 Å². The molecule has 2 atom stereocenters. The van der Waals surface area contributed by atoms with Crippen molar-refractivity contribution in [3.63, 3.8) is 0 Å². The lowest BCUT2D eigenvalue weighted by atomic mass is 10.0. The standard InChI is InChI=1S/C25H31F2N5O6S/c1-30(2)24(34)22-6-5-11-32(22)39(36,37)29-25(35)28-21(14-16-12-17(26)15-18(27)13-16)23(33)31(3)19-7-9-20(38-4)10-8-19/h7-10,12-13,15,21-22H,5-6,11,14H2,1-4H3,(H2,28,29,35)/t21-,22+/m0/s1. The molecular weight excluding hydrogens is 536 g/mol. The minimum atomic E-state index is -4.46. The molecule has 14 heteroatoms. The summed E-state index contributed by atoms with van der Waals surface area (Å²) < 4.78 is 61.5. The van der Waals surface area contributed by atoms with Crippen molar-refractivity contribution in [1.29, 1.82) is 0 Å². The number of rotatable bonds is 9. The van der Waals surface area contributed by atoms with Gasteiger partial charge in [-0.2, -0.15) is 12.7 Å². The van der Waals surface area contributed by atoms with Crippen LogP contribution in [0.1, 0.15) is 18.4 Å². The Balaban J connectivity index is 1.83. The van der Waals surface area contributed by atoms with Gasteiger partial charge in [0.25, 0.3) is 0 Å². The third-order valence-corrected chi connectivity index (χ3v) is 7.71. The summed E-state index contributed by atoms with van der Waals surface area (Å²) in [5, 5.41) is 2.31. The molecule has 0 bridgehead atoms. The molecule has 1 aliphatic heterocycles. The molecule has 2 aromatic carbocycles. The Hall–Kier alpha value is -3.78. The van der Waals surface area contributed by atoms with Crippen molar-refractivity contribution in [1.82, 2.24) is 19.2 Å². The highest BCUT2D eigenvalue weighted by atomic mass is 32.2. The van der Waals surface area contributed by atoms with Crippen LogP contribution in [0.2, 0.25) is 0 Å². The average Bonchev–Trinajstić information content (AvgIpc) is 3.37. The van der Waals surface area contributed by atoms with E-state index in [2.05, 4.69) is 5.32 Å². The molecule has 0 saturated carbocycles. The summed E-state index contributed by atoms with van der Waals surface area (Å²) in [4.78, 5) is 41.2. The lowest BCUT2D eigenvalue weighted by Gasteiger charge is -2.27. The summed E-state index contributed by atoms with van der Waals surface area (Å²) in [5.41, 5.74) is 0.487. The minimum absolute atomic E-state index is 0.0258. The maximum atomic E-state index is 13.8. The van der Waals surface area contributed by atoms with Gasteiger partial charge in [-0.3, -0.25) is 9.59 Å². The Morgan fingerprint density at radius 1 is 1.08 bits per heavy atom. The number of nitrogens with zero attached hydrogens (tertiary/aromatic N) is 3. The summed E-state index contributed by atoms with van der Waals surface area (Å²) in [5.74, 6) is -2.32. The smallest absolute Gasteiger partial charge is 0.330 e. The number of likely N-dealkylation sites (N-methyl/N-ethyl adjacent to an activating group) is 2. The number of carbonyl (C=O) groups excluding carboxylic acids is 3. The fourth-order valence-corrected chi connectivity index (χ4v) is 5.58. The van der Waals surface area contributed by atoms with E-state index in [4.69, 9.17) is 4.74 Å². The van der Waals surface area contributed by atoms with Gasteiger partial charge in [0.2, 0.25) is 11.8 Å². The first-order valence-corrected chi connectivity index (χ1v) is 13.4. The molecule has 0 spiro atoms. The largest absolute Gasteiger partial charge is 0.497 e. The van der Waals surface area contributed by atoms with Crippen LogP contribution in [0.4, 0.5) is 19.3 Å². The van der Waals surface area contributed by atoms with Crippen LogP contribution in [0, 0.1) is 11.6 Å². The van der Waals surface area contributed by atoms with Crippen LogP contribution in [-0.4, -0.2) is 82.3 Å². The zero-order valence-corrected chi connectivity index (χ0v) is 22.8. The number of hydrogen-bond acceptors (Lipinski definition) is 6. The van der Waals surface area contributed by atoms with E-state index in [1.54, 1.807) is 24.3 Å². The van der Waals surface area contributed by atoms with Crippen LogP contribution < -0.4 is 19.7 Å². The lowest BCUT2D eigenvalue weighted by molar-refractivity contribution is -0.132. The average molecular weight is 568 g/mol. The maximum Gasteiger partial charge on any atom is 0.330 e. The van der Waals surface area contributed by atoms with Crippen molar-refractivity contribution in [3.8, 4) is 5.75 Å². The first kappa shape index (κ1) is 29.8. The molecule has 0 unspecified atom stereocenters. The van der Waals surface area contributed by atoms with Gasteiger partial charge in [-0.05, 0) is 54.8 Å². The first-order valence-electron chi connectivity index (χ1n) is 12.0. The number of nitrogens with one attached hydrogen (secondary N) is 2. The number of halogens is 2. The Kier molecular flexibility index (Phi) is 9.45. The van der Waals surface area contributed by atoms with Crippen LogP contribution in [-0.2, 0) is 26.2 Å². The van der Waals surface area contributed by atoms with Crippen LogP contribution in [0.15, 0.2) is 42.5 Å². The fraction of sp³-hybridized carbons (Fsp3) is 0.400. The second kappa shape index (κ2) is 12.4. The zero-order chi connectivity index (χ0) is 28.9. The van der Waals surface area contributed by atoms with E-state index >= 15 is 0 Å². The number of amides is 4. The Labute approximate surface area is 225 Å². The topological polar surface area (TPSA) is 128 Å². The van der Waals surface area contributed by atoms with Gasteiger partial charge in [0.1, 0.15) is 29.5 Å². The van der Waals surface area contributed by atoms with Gasteiger partial charge in [-0.1, -0.05) is 0 Å². The van der Waals surface area contributed by atoms with Gasteiger partial charge >= 0.3 is 16.2 Å². The van der Waals surface area contributed by atoms with E-state index in [-0.39, 0.29) is 18.5 Å². The van der Waals surface area contributed by atoms with Crippen molar-refractivity contribution in [2.75, 3.05) is 39.7 Å². The summed E-state index contributed by atoms with van der Waals surface area (Å²) >= 11 is 0. The van der Waals surface area contributed by atoms with E-state index in [0.29, 0.717) is 30.3 Å². The Morgan fingerprint density at radius 3 is 2.26 bits per heavy atom. The molecule has 0 aliphatic carbocycles. The molecule has 1 aliphatic rings. The lowest BCUT2D eigenvalue weighted by Crippen LogP contribution is -2.56. The highest BCUT2D eigenvalue weighted by Gasteiger charge is 2.40. The molecule has 4 amide bonds. The monoisotopic (exact) mass is 567 g/mol. The van der Waals surface area contributed by atoms with Crippen molar-refractivity contribution in [2.24, 2.45) is 0 Å². The van der Waals surface area contributed by atoms with Crippen molar-refractivity contribution >= 4 is 33.7 Å². The van der Waals surface area contributed by atoms with Crippen LogP contribution in [0.25, 0.3) is 0 Å². The van der Waals surface area contributed by atoms with Crippen LogP contribution >= 0.6 is 0 Å². The molecule has 0 radical (unpaired) electrons. The highest BCUT2D eigenvalue weighted by molar-refractivity contribution is 7.87. The number of benzene rings is 2. The first-order chi connectivity index (χ1) is 18.3. The normalized spacial score (nSPS) is 16.3. The summed E-state index contributed by atoms with van der Waals surface area (Å²) in [6.07, 6.45) is 0.372. The van der Waals surface area contributed by atoms with E-state index in [9.17, 15) is 31.6 Å². The Morgan fingerprint density at radius 2 is 1.69 bits per heavy atom. The number of ether oxygens (including phenoxy) is 1. The number of methoxy groups -OCH3 is 1. The van der Waals surface area contributed by atoms with E-state index in [1.807, 2.05) is 4.72 Å². The predicted molar refractivity (Wildman–Crippen MR) is 139 cm³/mol. The van der Waals surface area contributed by atoms with Gasteiger partial charge in [0.05, 0.1) is 7.11 Å². The molecule has 3 rings (SSSR count). The molecule has 1 saturated heterocycles. The molecule has 39 heavy (non-hydrogen) atoms. The van der Waals surface area contributed by atoms with Gasteiger partial charge in [0.15, 0.2) is 0 Å². The SMILES string of the molecule is COc1ccc(N(C)C(=O)[C@H](Cc2cc(F)cc(F)c2)NC(=O)NS(=O)(=O)N2CCC[C@@H]2C(=O)N(C)C)cc1. The fourth-order valence-electron chi connectivity index (χ4n) is 4.27. The molecule has 212 valence electrons. The summed E-state index contributed by atoms with van der Waals surface area (Å²) in [6, 6.07) is 5.47. The second-order valence-electron chi connectivity index (χ2n) is 9.21. The predicted octanol–water partition coefficient (Wildman–Crippen LogP) is 1.64. The van der Waals surface area contributed by atoms with Gasteiger partial charge < -0.3 is 19.9 Å². The van der Waals surface area contributed by atoms with Crippen LogP contribution in [0.5, 0.6) is 5.75 Å². The minimum Gasteiger partial charge on any atom is -0.497 e. The van der Waals surface area contributed by atoms with E-state index < -0.39 is 51.8 Å².